The summed E-state index contributed by atoms with van der Waals surface area (Å²) in [6.45, 7) is 14.3. The van der Waals surface area contributed by atoms with Crippen LogP contribution in [0.5, 0.6) is 0 Å². The van der Waals surface area contributed by atoms with Crippen LogP contribution in [-0.4, -0.2) is 0 Å². The monoisotopic (exact) mass is 1290 g/mol. The maximum absolute atomic E-state index is 2.46. The molecular formula is C99H76N2. The number of nitrogens with zero attached hydrogens (tertiary/aromatic N) is 2. The van der Waals surface area contributed by atoms with Crippen LogP contribution in [0, 0.1) is 0 Å². The van der Waals surface area contributed by atoms with Crippen LogP contribution in [0.3, 0.4) is 0 Å². The molecule has 0 spiro atoms. The van der Waals surface area contributed by atoms with Crippen LogP contribution in [0.2, 0.25) is 0 Å². The van der Waals surface area contributed by atoms with Crippen LogP contribution in [0.4, 0.5) is 34.1 Å². The van der Waals surface area contributed by atoms with E-state index in [1.54, 1.807) is 0 Å². The molecule has 0 atom stereocenters. The molecule has 0 unspecified atom stereocenters. The summed E-state index contributed by atoms with van der Waals surface area (Å²) in [4.78, 5) is 4.86. The summed E-state index contributed by atoms with van der Waals surface area (Å²) in [6.07, 6.45) is 0. The molecule has 0 aliphatic heterocycles. The molecule has 0 bridgehead atoms. The Morgan fingerprint density at radius 2 is 0.386 bits per heavy atom. The van der Waals surface area contributed by atoms with Gasteiger partial charge in [-0.1, -0.05) is 321 Å². The largest absolute Gasteiger partial charge is 0.310 e. The molecule has 2 nitrogen and oxygen atoms in total. The molecule has 0 fully saturated rings. The lowest BCUT2D eigenvalue weighted by atomic mass is 9.80. The third-order valence-electron chi connectivity index (χ3n) is 22.3. The average Bonchev–Trinajstić information content (AvgIpc) is 1.58. The molecule has 482 valence electrons. The molecule has 16 aromatic rings. The van der Waals surface area contributed by atoms with Gasteiger partial charge >= 0.3 is 0 Å². The number of hydrogen-bond acceptors (Lipinski definition) is 2. The molecular weight excluding hydrogens is 1220 g/mol. The second-order valence-corrected chi connectivity index (χ2v) is 29.2. The van der Waals surface area contributed by atoms with E-state index in [0.717, 1.165) is 22.7 Å². The Bertz CT molecular complexity index is 5720. The Balaban J connectivity index is 0.000000145. The lowest BCUT2D eigenvalue weighted by Gasteiger charge is -2.30. The molecule has 0 radical (unpaired) electrons. The topological polar surface area (TPSA) is 6.48 Å². The number of fused-ring (bicyclic) bond motifs is 15. The van der Waals surface area contributed by atoms with Crippen molar-refractivity contribution in [1.29, 1.82) is 0 Å². The zero-order valence-electron chi connectivity index (χ0n) is 57.9. The van der Waals surface area contributed by atoms with Gasteiger partial charge in [0.2, 0.25) is 0 Å². The Hall–Kier alpha value is -12.1. The van der Waals surface area contributed by atoms with Gasteiger partial charge in [-0.2, -0.15) is 0 Å². The predicted octanol–water partition coefficient (Wildman–Crippen LogP) is 27.4. The maximum Gasteiger partial charge on any atom is 0.0465 e. The van der Waals surface area contributed by atoms with Gasteiger partial charge < -0.3 is 9.80 Å². The molecule has 16 aromatic carbocycles. The molecule has 3 aliphatic rings. The zero-order chi connectivity index (χ0) is 68.1. The number of anilines is 6. The van der Waals surface area contributed by atoms with Crippen LogP contribution in [0.25, 0.3) is 110 Å². The van der Waals surface area contributed by atoms with Crippen molar-refractivity contribution >= 4 is 66.4 Å². The van der Waals surface area contributed by atoms with E-state index in [-0.39, 0.29) is 16.2 Å². The minimum absolute atomic E-state index is 0.139. The van der Waals surface area contributed by atoms with Gasteiger partial charge in [-0.25, -0.2) is 0 Å². The van der Waals surface area contributed by atoms with Crippen LogP contribution in [0.1, 0.15) is 74.9 Å². The van der Waals surface area contributed by atoms with Gasteiger partial charge in [0.15, 0.2) is 0 Å². The highest BCUT2D eigenvalue weighted by atomic mass is 15.1. The molecule has 2 heteroatoms. The van der Waals surface area contributed by atoms with Crippen LogP contribution >= 0.6 is 0 Å². The Kier molecular flexibility index (Phi) is 14.6. The zero-order valence-corrected chi connectivity index (χ0v) is 57.9. The molecule has 0 saturated heterocycles. The van der Waals surface area contributed by atoms with Gasteiger partial charge in [0.1, 0.15) is 0 Å². The minimum Gasteiger partial charge on any atom is -0.310 e. The number of hydrogen-bond donors (Lipinski definition) is 0. The standard InChI is InChI=1S/C50H39N.C49H37N/c1-49(2)45-30-37(24-28-41(45)43-26-20-34-14-8-10-16-39(34)47(43)49)51(36-22-18-33(19-23-36)32-12-6-5-7-13-32)38-25-29-42-44-27-21-35-15-9-11-17-40(35)48(44)50(3,4)46(42)31-38;1-49(2)47-33-43(30-32-45(47)46-31-25-40-15-9-10-16-44(40)48(46)49)50(41-26-21-38(22-27-41)35-13-7-4-8-14-35)42-28-23-39(24-29-42)37-19-17-36(18-20-37)34-11-5-3-6-12-34/h5-31H,1-4H3;3-33H,1-2H3. The molecule has 101 heavy (non-hydrogen) atoms. The average molecular weight is 1290 g/mol. The van der Waals surface area contributed by atoms with Crippen molar-refractivity contribution < 1.29 is 0 Å². The Morgan fingerprint density at radius 3 is 0.663 bits per heavy atom. The fourth-order valence-electron chi connectivity index (χ4n) is 17.2. The van der Waals surface area contributed by atoms with Crippen LogP contribution in [0.15, 0.2) is 352 Å². The van der Waals surface area contributed by atoms with Gasteiger partial charge in [0.25, 0.3) is 0 Å². The van der Waals surface area contributed by atoms with Crippen molar-refractivity contribution in [1.82, 2.24) is 0 Å². The van der Waals surface area contributed by atoms with E-state index >= 15 is 0 Å². The third kappa shape index (κ3) is 10.3. The third-order valence-corrected chi connectivity index (χ3v) is 22.3. The number of rotatable bonds is 10. The van der Waals surface area contributed by atoms with E-state index in [2.05, 4.69) is 403 Å². The van der Waals surface area contributed by atoms with Crippen LogP contribution < -0.4 is 9.80 Å². The summed E-state index contributed by atoms with van der Waals surface area (Å²) in [5, 5.41) is 7.92. The van der Waals surface area contributed by atoms with Crippen molar-refractivity contribution in [3.05, 3.63) is 385 Å². The molecule has 19 rings (SSSR count). The molecule has 0 saturated carbocycles. The summed E-state index contributed by atoms with van der Waals surface area (Å²) >= 11 is 0. The summed E-state index contributed by atoms with van der Waals surface area (Å²) in [7, 11) is 0. The quantitative estimate of drug-likeness (QED) is 0.135. The SMILES string of the molecule is CC1(C)c2cc(N(c3ccc(-c4ccccc4)cc3)c3ccc(-c4ccc(-c5ccccc5)cc4)cc3)ccc2-c2ccc3ccccc3c21.CC1(C)c2cc(N(c3ccc(-c4ccccc4)cc3)c3ccc4c(c3)C(C)(C)c3c-4ccc4ccccc34)ccc2-c2ccc3ccccc3c21. The van der Waals surface area contributed by atoms with Crippen molar-refractivity contribution in [2.75, 3.05) is 9.80 Å². The first-order valence-electron chi connectivity index (χ1n) is 35.5. The minimum atomic E-state index is -0.146. The van der Waals surface area contributed by atoms with Crippen molar-refractivity contribution in [3.8, 4) is 77.9 Å². The highest BCUT2D eigenvalue weighted by Crippen LogP contribution is 2.57. The van der Waals surface area contributed by atoms with Crippen molar-refractivity contribution in [3.63, 3.8) is 0 Å². The lowest BCUT2D eigenvalue weighted by molar-refractivity contribution is 0.665. The number of benzene rings is 16. The fourth-order valence-corrected chi connectivity index (χ4v) is 17.2. The first-order valence-corrected chi connectivity index (χ1v) is 35.5. The second-order valence-electron chi connectivity index (χ2n) is 29.2. The van der Waals surface area contributed by atoms with E-state index < -0.39 is 0 Å². The van der Waals surface area contributed by atoms with Gasteiger partial charge in [-0.15, -0.1) is 0 Å². The second kappa shape index (κ2) is 24.1. The first-order chi connectivity index (χ1) is 49.3. The summed E-state index contributed by atoms with van der Waals surface area (Å²) < 4.78 is 0. The molecule has 0 N–H and O–H groups in total. The Morgan fingerprint density at radius 1 is 0.178 bits per heavy atom. The predicted molar refractivity (Wildman–Crippen MR) is 429 cm³/mol. The summed E-state index contributed by atoms with van der Waals surface area (Å²) in [5.74, 6) is 0. The highest BCUT2D eigenvalue weighted by Gasteiger charge is 2.41. The molecule has 0 amide bonds. The van der Waals surface area contributed by atoms with Crippen LogP contribution in [-0.2, 0) is 16.2 Å². The van der Waals surface area contributed by atoms with E-state index in [4.69, 9.17) is 0 Å². The highest BCUT2D eigenvalue weighted by molar-refractivity contribution is 6.02. The van der Waals surface area contributed by atoms with Gasteiger partial charge in [0, 0.05) is 50.4 Å². The van der Waals surface area contributed by atoms with Gasteiger partial charge in [-0.3, -0.25) is 0 Å². The lowest BCUT2D eigenvalue weighted by Crippen LogP contribution is -2.18. The normalized spacial score (nSPS) is 13.7. The van der Waals surface area contributed by atoms with E-state index in [1.807, 2.05) is 0 Å². The Labute approximate surface area is 593 Å². The van der Waals surface area contributed by atoms with E-state index in [0.29, 0.717) is 0 Å². The summed E-state index contributed by atoms with van der Waals surface area (Å²) in [5.41, 5.74) is 32.6. The maximum atomic E-state index is 2.46. The van der Waals surface area contributed by atoms with Crippen molar-refractivity contribution in [2.45, 2.75) is 57.8 Å². The van der Waals surface area contributed by atoms with Gasteiger partial charge in [-0.05, 0) is 216 Å². The van der Waals surface area contributed by atoms with Gasteiger partial charge in [0.05, 0.1) is 0 Å². The molecule has 0 aromatic heterocycles. The fraction of sp³-hybridized carbons (Fsp3) is 0.0909. The molecule has 3 aliphatic carbocycles. The summed E-state index contributed by atoms with van der Waals surface area (Å²) in [6, 6.07) is 129. The van der Waals surface area contributed by atoms with E-state index in [1.165, 1.54) is 155 Å². The van der Waals surface area contributed by atoms with Crippen molar-refractivity contribution in [2.24, 2.45) is 0 Å². The van der Waals surface area contributed by atoms with E-state index in [9.17, 15) is 0 Å². The smallest absolute Gasteiger partial charge is 0.0465 e. The first kappa shape index (κ1) is 61.2. The molecule has 0 heterocycles.